The topological polar surface area (TPSA) is 35.2 Å². The van der Waals surface area contributed by atoms with Crippen LogP contribution < -0.4 is 10.5 Å². The Kier molecular flexibility index (Phi) is 3.41. The molecule has 2 nitrogen and oxygen atoms in total. The summed E-state index contributed by atoms with van der Waals surface area (Å²) in [5, 5.41) is 0.775. The smallest absolute Gasteiger partial charge is 0.122 e. The molecule has 0 spiro atoms. The SMILES string of the molecule is COc1cc(N)cc(SC2CCCC2)c1. The Bertz CT molecular complexity index is 334. The number of hydrogen-bond donors (Lipinski definition) is 1. The van der Waals surface area contributed by atoms with Crippen molar-refractivity contribution in [1.29, 1.82) is 0 Å². The molecule has 0 heterocycles. The summed E-state index contributed by atoms with van der Waals surface area (Å²) >= 11 is 1.93. The van der Waals surface area contributed by atoms with E-state index in [1.807, 2.05) is 23.9 Å². The first-order valence-corrected chi connectivity index (χ1v) is 6.27. The van der Waals surface area contributed by atoms with E-state index in [0.29, 0.717) is 0 Å². The van der Waals surface area contributed by atoms with Gasteiger partial charge in [-0.15, -0.1) is 11.8 Å². The third-order valence-corrected chi connectivity index (χ3v) is 4.06. The Morgan fingerprint density at radius 3 is 2.67 bits per heavy atom. The lowest BCUT2D eigenvalue weighted by Crippen LogP contribution is -1.95. The van der Waals surface area contributed by atoms with Crippen molar-refractivity contribution in [3.05, 3.63) is 18.2 Å². The van der Waals surface area contributed by atoms with Crippen molar-refractivity contribution >= 4 is 17.4 Å². The molecule has 3 heteroatoms. The molecular formula is C12H17NOS. The molecule has 0 amide bonds. The first-order valence-electron chi connectivity index (χ1n) is 5.39. The number of hydrogen-bond acceptors (Lipinski definition) is 3. The van der Waals surface area contributed by atoms with Crippen LogP contribution in [0.5, 0.6) is 5.75 Å². The van der Waals surface area contributed by atoms with Gasteiger partial charge in [0.05, 0.1) is 7.11 Å². The number of nitrogen functional groups attached to an aromatic ring is 1. The van der Waals surface area contributed by atoms with Gasteiger partial charge in [0.1, 0.15) is 5.75 Å². The van der Waals surface area contributed by atoms with E-state index < -0.39 is 0 Å². The van der Waals surface area contributed by atoms with Crippen LogP contribution in [-0.4, -0.2) is 12.4 Å². The quantitative estimate of drug-likeness (QED) is 0.798. The molecule has 1 aliphatic rings. The van der Waals surface area contributed by atoms with E-state index in [9.17, 15) is 0 Å². The lowest BCUT2D eigenvalue weighted by Gasteiger charge is -2.10. The summed E-state index contributed by atoms with van der Waals surface area (Å²) < 4.78 is 5.21. The molecule has 1 aromatic carbocycles. The Morgan fingerprint density at radius 1 is 1.27 bits per heavy atom. The molecule has 1 fully saturated rings. The van der Waals surface area contributed by atoms with Gasteiger partial charge in [-0.3, -0.25) is 0 Å². The molecule has 2 rings (SSSR count). The monoisotopic (exact) mass is 223 g/mol. The zero-order valence-electron chi connectivity index (χ0n) is 9.03. The van der Waals surface area contributed by atoms with Crippen molar-refractivity contribution in [3.8, 4) is 5.75 Å². The highest BCUT2D eigenvalue weighted by Crippen LogP contribution is 2.36. The van der Waals surface area contributed by atoms with Crippen molar-refractivity contribution in [3.63, 3.8) is 0 Å². The van der Waals surface area contributed by atoms with Gasteiger partial charge in [0, 0.05) is 21.9 Å². The minimum absolute atomic E-state index is 0.775. The molecule has 0 unspecified atom stereocenters. The Morgan fingerprint density at radius 2 is 2.00 bits per heavy atom. The predicted molar refractivity (Wildman–Crippen MR) is 65.5 cm³/mol. The highest BCUT2D eigenvalue weighted by Gasteiger charge is 2.16. The van der Waals surface area contributed by atoms with Gasteiger partial charge in [-0.2, -0.15) is 0 Å². The van der Waals surface area contributed by atoms with Crippen LogP contribution in [0.4, 0.5) is 5.69 Å². The van der Waals surface area contributed by atoms with E-state index in [-0.39, 0.29) is 0 Å². The molecule has 15 heavy (non-hydrogen) atoms. The van der Waals surface area contributed by atoms with Crippen LogP contribution in [0.1, 0.15) is 25.7 Å². The van der Waals surface area contributed by atoms with Crippen LogP contribution in [0.15, 0.2) is 23.1 Å². The van der Waals surface area contributed by atoms with Gasteiger partial charge in [0.15, 0.2) is 0 Å². The summed E-state index contributed by atoms with van der Waals surface area (Å²) in [6.07, 6.45) is 5.41. The lowest BCUT2D eigenvalue weighted by atomic mass is 10.3. The molecule has 2 N–H and O–H groups in total. The zero-order chi connectivity index (χ0) is 10.7. The van der Waals surface area contributed by atoms with E-state index in [4.69, 9.17) is 10.5 Å². The molecule has 0 bridgehead atoms. The minimum Gasteiger partial charge on any atom is -0.497 e. The van der Waals surface area contributed by atoms with Crippen LogP contribution in [0.25, 0.3) is 0 Å². The van der Waals surface area contributed by atoms with Gasteiger partial charge in [0.25, 0.3) is 0 Å². The standard InChI is InChI=1S/C12H17NOS/c1-14-10-6-9(13)7-12(8-10)15-11-4-2-3-5-11/h6-8,11H,2-5,13H2,1H3. The fraction of sp³-hybridized carbons (Fsp3) is 0.500. The van der Waals surface area contributed by atoms with Crippen LogP contribution in [0.3, 0.4) is 0 Å². The summed E-state index contributed by atoms with van der Waals surface area (Å²) in [5.74, 6) is 0.857. The summed E-state index contributed by atoms with van der Waals surface area (Å²) in [5.41, 5.74) is 6.60. The number of ether oxygens (including phenoxy) is 1. The number of nitrogens with two attached hydrogens (primary N) is 1. The van der Waals surface area contributed by atoms with Crippen LogP contribution in [-0.2, 0) is 0 Å². The second-order valence-corrected chi connectivity index (χ2v) is 5.34. The van der Waals surface area contributed by atoms with Crippen molar-refractivity contribution in [2.24, 2.45) is 0 Å². The number of anilines is 1. The molecule has 1 saturated carbocycles. The average molecular weight is 223 g/mol. The first-order chi connectivity index (χ1) is 7.28. The fourth-order valence-electron chi connectivity index (χ4n) is 1.98. The number of rotatable bonds is 3. The summed E-state index contributed by atoms with van der Waals surface area (Å²) in [7, 11) is 1.68. The van der Waals surface area contributed by atoms with Crippen molar-refractivity contribution < 1.29 is 4.74 Å². The number of thioether (sulfide) groups is 1. The van der Waals surface area contributed by atoms with E-state index in [1.54, 1.807) is 7.11 Å². The zero-order valence-corrected chi connectivity index (χ0v) is 9.85. The van der Waals surface area contributed by atoms with Crippen LogP contribution >= 0.6 is 11.8 Å². The Hall–Kier alpha value is -0.830. The van der Waals surface area contributed by atoms with E-state index in [2.05, 4.69) is 6.07 Å². The molecule has 0 aromatic heterocycles. The lowest BCUT2D eigenvalue weighted by molar-refractivity contribution is 0.414. The third kappa shape index (κ3) is 2.81. The second-order valence-electron chi connectivity index (χ2n) is 3.97. The predicted octanol–water partition coefficient (Wildman–Crippen LogP) is 3.31. The molecule has 0 saturated heterocycles. The highest BCUT2D eigenvalue weighted by atomic mass is 32.2. The van der Waals surface area contributed by atoms with Crippen molar-refractivity contribution in [2.75, 3.05) is 12.8 Å². The van der Waals surface area contributed by atoms with Gasteiger partial charge >= 0.3 is 0 Å². The molecular weight excluding hydrogens is 206 g/mol. The summed E-state index contributed by atoms with van der Waals surface area (Å²) in [6.45, 7) is 0. The molecule has 82 valence electrons. The maximum absolute atomic E-state index is 5.82. The maximum Gasteiger partial charge on any atom is 0.122 e. The second kappa shape index (κ2) is 4.79. The highest BCUT2D eigenvalue weighted by molar-refractivity contribution is 8.00. The van der Waals surface area contributed by atoms with Gasteiger partial charge in [-0.25, -0.2) is 0 Å². The molecule has 0 aliphatic heterocycles. The number of benzene rings is 1. The largest absolute Gasteiger partial charge is 0.497 e. The van der Waals surface area contributed by atoms with Crippen LogP contribution in [0, 0.1) is 0 Å². The Balaban J connectivity index is 2.09. The maximum atomic E-state index is 5.82. The minimum atomic E-state index is 0.775. The summed E-state index contributed by atoms with van der Waals surface area (Å²) in [6, 6.07) is 5.96. The van der Waals surface area contributed by atoms with E-state index in [0.717, 1.165) is 16.7 Å². The van der Waals surface area contributed by atoms with Gasteiger partial charge in [-0.1, -0.05) is 12.8 Å². The van der Waals surface area contributed by atoms with Gasteiger partial charge < -0.3 is 10.5 Å². The van der Waals surface area contributed by atoms with Gasteiger partial charge in [-0.05, 0) is 25.0 Å². The van der Waals surface area contributed by atoms with Crippen molar-refractivity contribution in [1.82, 2.24) is 0 Å². The molecule has 1 aliphatic carbocycles. The molecule has 0 atom stereocenters. The molecule has 1 aromatic rings. The fourth-order valence-corrected chi connectivity index (χ4v) is 3.32. The van der Waals surface area contributed by atoms with E-state index in [1.165, 1.54) is 30.6 Å². The number of methoxy groups -OCH3 is 1. The first kappa shape index (κ1) is 10.7. The van der Waals surface area contributed by atoms with Crippen LogP contribution in [0.2, 0.25) is 0 Å². The summed E-state index contributed by atoms with van der Waals surface area (Å²) in [4.78, 5) is 1.23. The Labute approximate surface area is 95.2 Å². The third-order valence-electron chi connectivity index (χ3n) is 2.74. The van der Waals surface area contributed by atoms with Crippen molar-refractivity contribution in [2.45, 2.75) is 35.8 Å². The normalized spacial score (nSPS) is 16.9. The van der Waals surface area contributed by atoms with E-state index >= 15 is 0 Å². The van der Waals surface area contributed by atoms with Gasteiger partial charge in [0.2, 0.25) is 0 Å². The average Bonchev–Trinajstić information content (AvgIpc) is 2.69. The molecule has 0 radical (unpaired) electrons.